The first kappa shape index (κ1) is 20.5. The fourth-order valence-electron chi connectivity index (χ4n) is 3.54. The highest BCUT2D eigenvalue weighted by atomic mass is 35.5. The number of sulfonamides is 1. The van der Waals surface area contributed by atoms with Crippen molar-refractivity contribution in [1.82, 2.24) is 0 Å². The van der Waals surface area contributed by atoms with Crippen molar-refractivity contribution in [2.45, 2.75) is 24.0 Å². The van der Waals surface area contributed by atoms with Gasteiger partial charge in [0.15, 0.2) is 0 Å². The molecule has 1 amide bonds. The van der Waals surface area contributed by atoms with E-state index in [9.17, 15) is 26.4 Å². The van der Waals surface area contributed by atoms with Gasteiger partial charge in [0.1, 0.15) is 6.04 Å². The van der Waals surface area contributed by atoms with Crippen LogP contribution in [0.5, 0.6) is 0 Å². The van der Waals surface area contributed by atoms with Gasteiger partial charge in [0.2, 0.25) is 5.91 Å². The maximum Gasteiger partial charge on any atom is 0.418 e. The van der Waals surface area contributed by atoms with Gasteiger partial charge in [-0.05, 0) is 42.6 Å². The minimum Gasteiger partial charge on any atom is -0.324 e. The van der Waals surface area contributed by atoms with E-state index in [1.165, 1.54) is 19.1 Å². The Labute approximate surface area is 175 Å². The van der Waals surface area contributed by atoms with Crippen LogP contribution in [0.2, 0.25) is 5.02 Å². The van der Waals surface area contributed by atoms with Gasteiger partial charge in [0.05, 0.1) is 21.8 Å². The zero-order valence-electron chi connectivity index (χ0n) is 15.4. The van der Waals surface area contributed by atoms with Crippen molar-refractivity contribution >= 4 is 49.7 Å². The second-order valence-electron chi connectivity index (χ2n) is 6.79. The lowest BCUT2D eigenvalue weighted by Crippen LogP contribution is -2.44. The van der Waals surface area contributed by atoms with Gasteiger partial charge in [0, 0.05) is 10.4 Å². The number of rotatable bonds is 3. The molecule has 0 aromatic heterocycles. The summed E-state index contributed by atoms with van der Waals surface area (Å²) in [4.78, 5) is 12.9. The Hall–Kier alpha value is -2.78. The standard InChI is InChI=1S/C20H14ClF3N2O3S/c1-11(19(27)25-15-9-8-13(21)10-14(15)20(22,23)24)26-16-6-2-4-12-5-3-7-17(18(12)16)30(26,28)29/h2-11H,1H3,(H,25,27)/t11-/m0/s1. The summed E-state index contributed by atoms with van der Waals surface area (Å²) in [6.45, 7) is 1.32. The van der Waals surface area contributed by atoms with Gasteiger partial charge in [-0.25, -0.2) is 8.42 Å². The number of nitrogens with one attached hydrogen (secondary N) is 1. The minimum absolute atomic E-state index is 0.0534. The van der Waals surface area contributed by atoms with Gasteiger partial charge in [0.25, 0.3) is 10.0 Å². The molecule has 4 rings (SSSR count). The summed E-state index contributed by atoms with van der Waals surface area (Å²) < 4.78 is 67.1. The van der Waals surface area contributed by atoms with Crippen molar-refractivity contribution in [2.24, 2.45) is 0 Å². The summed E-state index contributed by atoms with van der Waals surface area (Å²) in [6, 6.07) is 11.4. The quantitative estimate of drug-likeness (QED) is 0.602. The van der Waals surface area contributed by atoms with Crippen molar-refractivity contribution in [2.75, 3.05) is 9.62 Å². The number of benzene rings is 3. The highest BCUT2D eigenvalue weighted by Crippen LogP contribution is 2.43. The van der Waals surface area contributed by atoms with Gasteiger partial charge < -0.3 is 5.32 Å². The number of carbonyl (C=O) groups excluding carboxylic acids is 1. The molecule has 156 valence electrons. The molecule has 3 aromatic rings. The van der Waals surface area contributed by atoms with Crippen molar-refractivity contribution in [1.29, 1.82) is 0 Å². The molecule has 0 saturated heterocycles. The van der Waals surface area contributed by atoms with E-state index in [1.807, 2.05) is 0 Å². The molecular weight excluding hydrogens is 441 g/mol. The normalized spacial score (nSPS) is 16.0. The third-order valence-electron chi connectivity index (χ3n) is 4.89. The lowest BCUT2D eigenvalue weighted by Gasteiger charge is -2.26. The number of hydrogen-bond acceptors (Lipinski definition) is 3. The first-order valence-electron chi connectivity index (χ1n) is 8.75. The first-order valence-corrected chi connectivity index (χ1v) is 10.6. The number of nitrogens with zero attached hydrogens (tertiary/aromatic N) is 1. The number of amides is 1. The van der Waals surface area contributed by atoms with E-state index in [2.05, 4.69) is 5.32 Å². The summed E-state index contributed by atoms with van der Waals surface area (Å²) >= 11 is 5.66. The molecule has 30 heavy (non-hydrogen) atoms. The summed E-state index contributed by atoms with van der Waals surface area (Å²) in [5, 5.41) is 3.21. The van der Waals surface area contributed by atoms with Crippen molar-refractivity contribution in [3.05, 3.63) is 65.2 Å². The molecule has 0 fully saturated rings. The van der Waals surface area contributed by atoms with Crippen LogP contribution in [0.3, 0.4) is 0 Å². The Bertz CT molecular complexity index is 1290. The zero-order valence-corrected chi connectivity index (χ0v) is 16.9. The molecule has 0 unspecified atom stereocenters. The van der Waals surface area contributed by atoms with Gasteiger partial charge in [-0.2, -0.15) is 13.2 Å². The number of hydrogen-bond donors (Lipinski definition) is 1. The van der Waals surface area contributed by atoms with E-state index >= 15 is 0 Å². The smallest absolute Gasteiger partial charge is 0.324 e. The Morgan fingerprint density at radius 2 is 1.77 bits per heavy atom. The van der Waals surface area contributed by atoms with E-state index in [-0.39, 0.29) is 9.92 Å². The predicted octanol–water partition coefficient (Wildman–Crippen LogP) is 5.05. The maximum absolute atomic E-state index is 13.3. The van der Waals surface area contributed by atoms with Crippen molar-refractivity contribution < 1.29 is 26.4 Å². The lowest BCUT2D eigenvalue weighted by molar-refractivity contribution is -0.137. The van der Waals surface area contributed by atoms with Crippen molar-refractivity contribution in [3.63, 3.8) is 0 Å². The van der Waals surface area contributed by atoms with Crippen LogP contribution in [0.4, 0.5) is 24.5 Å². The molecule has 1 atom stereocenters. The predicted molar refractivity (Wildman–Crippen MR) is 108 cm³/mol. The molecular formula is C20H14ClF3N2O3S. The van der Waals surface area contributed by atoms with Crippen LogP contribution in [0, 0.1) is 0 Å². The monoisotopic (exact) mass is 454 g/mol. The number of alkyl halides is 3. The second-order valence-corrected chi connectivity index (χ2v) is 9.00. The zero-order chi connectivity index (χ0) is 21.8. The van der Waals surface area contributed by atoms with Crippen LogP contribution in [0.15, 0.2) is 59.5 Å². The Morgan fingerprint density at radius 1 is 1.10 bits per heavy atom. The van der Waals surface area contributed by atoms with Crippen molar-refractivity contribution in [3.8, 4) is 0 Å². The summed E-state index contributed by atoms with van der Waals surface area (Å²) in [6.07, 6.45) is -4.75. The maximum atomic E-state index is 13.3. The molecule has 0 aliphatic carbocycles. The summed E-state index contributed by atoms with van der Waals surface area (Å²) in [5.41, 5.74) is -1.32. The molecule has 1 aliphatic heterocycles. The topological polar surface area (TPSA) is 66.5 Å². The minimum atomic E-state index is -4.75. The molecule has 0 saturated carbocycles. The third-order valence-corrected chi connectivity index (χ3v) is 7.06. The van der Waals surface area contributed by atoms with Gasteiger partial charge in [-0.1, -0.05) is 35.9 Å². The largest absolute Gasteiger partial charge is 0.418 e. The molecule has 5 nitrogen and oxygen atoms in total. The lowest BCUT2D eigenvalue weighted by atomic mass is 10.1. The van der Waals surface area contributed by atoms with Crippen LogP contribution in [0.1, 0.15) is 12.5 Å². The highest BCUT2D eigenvalue weighted by molar-refractivity contribution is 7.93. The molecule has 0 radical (unpaired) electrons. The van der Waals surface area contributed by atoms with Gasteiger partial charge >= 0.3 is 6.18 Å². The second kappa shape index (κ2) is 6.88. The average molecular weight is 455 g/mol. The van der Waals surface area contributed by atoms with Gasteiger partial charge in [-0.3, -0.25) is 9.10 Å². The van der Waals surface area contributed by atoms with Crippen LogP contribution in [0.25, 0.3) is 10.8 Å². The number of carbonyl (C=O) groups is 1. The SMILES string of the molecule is C[C@@H](C(=O)Nc1ccc(Cl)cc1C(F)(F)F)N1c2cccc3cccc(c23)S1(=O)=O. The van der Waals surface area contributed by atoms with E-state index in [4.69, 9.17) is 11.6 Å². The van der Waals surface area contributed by atoms with E-state index in [1.54, 1.807) is 30.3 Å². The molecule has 10 heteroatoms. The first-order chi connectivity index (χ1) is 14.0. The molecule has 1 aliphatic rings. The summed E-state index contributed by atoms with van der Waals surface area (Å²) in [7, 11) is -4.05. The molecule has 1 heterocycles. The molecule has 0 bridgehead atoms. The Balaban J connectivity index is 1.73. The number of anilines is 2. The van der Waals surface area contributed by atoms with E-state index in [0.717, 1.165) is 10.4 Å². The number of halogens is 4. The fourth-order valence-corrected chi connectivity index (χ4v) is 5.58. The van der Waals surface area contributed by atoms with E-state index in [0.29, 0.717) is 22.5 Å². The molecule has 1 N–H and O–H groups in total. The van der Waals surface area contributed by atoms with Crippen LogP contribution < -0.4 is 9.62 Å². The summed E-state index contributed by atoms with van der Waals surface area (Å²) in [5.74, 6) is -0.906. The van der Waals surface area contributed by atoms with Crippen LogP contribution in [-0.4, -0.2) is 20.4 Å². The highest BCUT2D eigenvalue weighted by Gasteiger charge is 2.41. The van der Waals surface area contributed by atoms with Crippen LogP contribution >= 0.6 is 11.6 Å². The van der Waals surface area contributed by atoms with Crippen LogP contribution in [-0.2, 0) is 21.0 Å². The molecule has 0 spiro atoms. The average Bonchev–Trinajstić information content (AvgIpc) is 2.90. The van der Waals surface area contributed by atoms with E-state index < -0.39 is 39.4 Å². The third kappa shape index (κ3) is 3.18. The Kier molecular flexibility index (Phi) is 4.70. The Morgan fingerprint density at radius 3 is 2.43 bits per heavy atom. The van der Waals surface area contributed by atoms with Gasteiger partial charge in [-0.15, -0.1) is 0 Å². The molecule has 3 aromatic carbocycles. The fraction of sp³-hybridized carbons (Fsp3) is 0.150.